The van der Waals surface area contributed by atoms with Gasteiger partial charge in [0.1, 0.15) is 0 Å². The summed E-state index contributed by atoms with van der Waals surface area (Å²) in [5, 5.41) is 12.6. The van der Waals surface area contributed by atoms with Crippen molar-refractivity contribution in [2.75, 3.05) is 0 Å². The number of Topliss-reactive ketones (excluding diaryl/α,β-unsaturated/α-hetero) is 2. The number of hydrogen-bond donors (Lipinski definition) is 1. The molecule has 0 aromatic heterocycles. The van der Waals surface area contributed by atoms with Crippen LogP contribution in [0.2, 0.25) is 0 Å². The van der Waals surface area contributed by atoms with Crippen molar-refractivity contribution in [2.45, 2.75) is 56.3 Å². The molecule has 0 atom stereocenters. The van der Waals surface area contributed by atoms with Crippen LogP contribution < -0.4 is 4.83 Å². The zero-order valence-electron chi connectivity index (χ0n) is 19.7. The molecular formula is C26H25N3O6S. The van der Waals surface area contributed by atoms with Crippen molar-refractivity contribution >= 4 is 27.3 Å². The number of hydrazine groups is 1. The molecule has 1 N–H and O–H groups in total. The fraction of sp³-hybridized carbons (Fsp3) is 0.308. The fourth-order valence-corrected chi connectivity index (χ4v) is 6.30. The molecule has 2 aliphatic carbocycles. The van der Waals surface area contributed by atoms with E-state index in [9.17, 15) is 28.1 Å². The van der Waals surface area contributed by atoms with E-state index in [2.05, 4.69) is 4.83 Å². The lowest BCUT2D eigenvalue weighted by molar-refractivity contribution is -0.384. The van der Waals surface area contributed by atoms with E-state index in [0.29, 0.717) is 53.8 Å². The molecule has 0 spiro atoms. The molecule has 0 saturated carbocycles. The second kappa shape index (κ2) is 9.11. The van der Waals surface area contributed by atoms with Gasteiger partial charge in [0.15, 0.2) is 11.6 Å². The fourth-order valence-electron chi connectivity index (χ4n) is 5.24. The first kappa shape index (κ1) is 24.1. The molecule has 2 aromatic carbocycles. The highest BCUT2D eigenvalue weighted by molar-refractivity contribution is 7.89. The number of rotatable bonds is 5. The topological polar surface area (TPSA) is 127 Å². The van der Waals surface area contributed by atoms with Gasteiger partial charge in [-0.2, -0.15) is 0 Å². The zero-order valence-corrected chi connectivity index (χ0v) is 20.5. The number of nitro groups is 1. The molecule has 1 heterocycles. The van der Waals surface area contributed by atoms with Crippen LogP contribution in [0.4, 0.5) is 5.69 Å². The van der Waals surface area contributed by atoms with Crippen LogP contribution in [0.1, 0.15) is 55.6 Å². The summed E-state index contributed by atoms with van der Waals surface area (Å²) in [5.41, 5.74) is 3.29. The maximum Gasteiger partial charge on any atom is 0.269 e. The molecule has 0 radical (unpaired) electrons. The summed E-state index contributed by atoms with van der Waals surface area (Å²) < 4.78 is 26.7. The lowest BCUT2D eigenvalue weighted by atomic mass is 9.71. The number of nitro benzene ring substituents is 1. The minimum atomic E-state index is -4.00. The van der Waals surface area contributed by atoms with Gasteiger partial charge >= 0.3 is 0 Å². The van der Waals surface area contributed by atoms with Crippen molar-refractivity contribution in [1.82, 2.24) is 9.84 Å². The molecule has 5 rings (SSSR count). The average molecular weight is 508 g/mol. The summed E-state index contributed by atoms with van der Waals surface area (Å²) in [7, 11) is -4.00. The quantitative estimate of drug-likeness (QED) is 0.474. The van der Waals surface area contributed by atoms with Crippen LogP contribution in [0.15, 0.2) is 76.0 Å². The zero-order chi connectivity index (χ0) is 25.6. The largest absolute Gasteiger partial charge is 0.294 e. The number of nitrogens with one attached hydrogen (secondary N) is 1. The minimum Gasteiger partial charge on any atom is -0.294 e. The van der Waals surface area contributed by atoms with E-state index in [4.69, 9.17) is 0 Å². The van der Waals surface area contributed by atoms with Crippen LogP contribution in [0.5, 0.6) is 0 Å². The number of aryl methyl sites for hydroxylation is 1. The molecular weight excluding hydrogens is 482 g/mol. The Kier molecular flexibility index (Phi) is 6.09. The van der Waals surface area contributed by atoms with Crippen molar-refractivity contribution in [2.24, 2.45) is 0 Å². The Labute approximate surface area is 208 Å². The Balaban J connectivity index is 1.66. The van der Waals surface area contributed by atoms with Gasteiger partial charge in [-0.1, -0.05) is 29.8 Å². The second-order valence-corrected chi connectivity index (χ2v) is 11.0. The van der Waals surface area contributed by atoms with Gasteiger partial charge in [-0.25, -0.2) is 8.42 Å². The average Bonchev–Trinajstić information content (AvgIpc) is 2.85. The normalized spacial score (nSPS) is 18.9. The molecule has 10 heteroatoms. The third-order valence-corrected chi connectivity index (χ3v) is 8.27. The summed E-state index contributed by atoms with van der Waals surface area (Å²) in [5.74, 6) is -0.982. The SMILES string of the molecule is Cc1ccc(S(=O)(=O)NN2C3=C(C(=O)CCC3)C(c3ccc([N+](=O)[O-])cc3)C3=C2CCCC3=O)cc1. The van der Waals surface area contributed by atoms with Gasteiger partial charge in [0.05, 0.1) is 9.82 Å². The number of benzene rings is 2. The number of hydrogen-bond acceptors (Lipinski definition) is 7. The van der Waals surface area contributed by atoms with E-state index in [1.54, 1.807) is 24.3 Å². The number of non-ortho nitro benzene ring substituents is 1. The molecule has 9 nitrogen and oxygen atoms in total. The number of ketones is 2. The van der Waals surface area contributed by atoms with Crippen LogP contribution in [0.25, 0.3) is 0 Å². The molecule has 0 saturated heterocycles. The van der Waals surface area contributed by atoms with E-state index >= 15 is 0 Å². The lowest BCUT2D eigenvalue weighted by Crippen LogP contribution is -2.47. The van der Waals surface area contributed by atoms with Gasteiger partial charge in [0, 0.05) is 53.4 Å². The number of sulfonamides is 1. The van der Waals surface area contributed by atoms with Crippen molar-refractivity contribution in [3.8, 4) is 0 Å². The van der Waals surface area contributed by atoms with Gasteiger partial charge in [0.25, 0.3) is 15.7 Å². The molecule has 0 unspecified atom stereocenters. The number of allylic oxidation sites excluding steroid dienone is 4. The Bertz CT molecular complexity index is 1400. The number of carbonyl (C=O) groups is 2. The number of carbonyl (C=O) groups excluding carboxylic acids is 2. The molecule has 1 aliphatic heterocycles. The molecule has 3 aliphatic rings. The summed E-state index contributed by atoms with van der Waals surface area (Å²) >= 11 is 0. The first-order valence-corrected chi connectivity index (χ1v) is 13.3. The maximum atomic E-state index is 13.3. The van der Waals surface area contributed by atoms with Gasteiger partial charge in [-0.05, 0) is 50.3 Å². The second-order valence-electron chi connectivity index (χ2n) is 9.30. The molecule has 36 heavy (non-hydrogen) atoms. The first-order valence-electron chi connectivity index (χ1n) is 11.8. The Hall–Kier alpha value is -3.63. The van der Waals surface area contributed by atoms with E-state index in [0.717, 1.165) is 5.56 Å². The molecule has 0 bridgehead atoms. The summed E-state index contributed by atoms with van der Waals surface area (Å²) in [6, 6.07) is 12.3. The highest BCUT2D eigenvalue weighted by Gasteiger charge is 2.44. The smallest absolute Gasteiger partial charge is 0.269 e. The van der Waals surface area contributed by atoms with Gasteiger partial charge < -0.3 is 0 Å². The highest BCUT2D eigenvalue weighted by Crippen LogP contribution is 2.48. The summed E-state index contributed by atoms with van der Waals surface area (Å²) in [6.45, 7) is 1.86. The Morgan fingerprint density at radius 1 is 0.861 bits per heavy atom. The van der Waals surface area contributed by atoms with Crippen LogP contribution in [0, 0.1) is 17.0 Å². The molecule has 186 valence electrons. The third kappa shape index (κ3) is 4.16. The predicted molar refractivity (Wildman–Crippen MR) is 131 cm³/mol. The minimum absolute atomic E-state index is 0.0826. The summed E-state index contributed by atoms with van der Waals surface area (Å²) in [6.07, 6.45) is 2.63. The predicted octanol–water partition coefficient (Wildman–Crippen LogP) is 4.21. The Morgan fingerprint density at radius 3 is 1.89 bits per heavy atom. The van der Waals surface area contributed by atoms with Crippen LogP contribution in [-0.4, -0.2) is 29.9 Å². The van der Waals surface area contributed by atoms with E-state index in [-0.39, 0.29) is 35.0 Å². The van der Waals surface area contributed by atoms with Crippen LogP contribution >= 0.6 is 0 Å². The lowest BCUT2D eigenvalue weighted by Gasteiger charge is -2.43. The van der Waals surface area contributed by atoms with Crippen LogP contribution in [-0.2, 0) is 19.6 Å². The Morgan fingerprint density at radius 2 is 1.39 bits per heavy atom. The van der Waals surface area contributed by atoms with Crippen molar-refractivity contribution in [1.29, 1.82) is 0 Å². The molecule has 2 aromatic rings. The first-order chi connectivity index (χ1) is 17.2. The maximum absolute atomic E-state index is 13.3. The third-order valence-electron chi connectivity index (χ3n) is 6.95. The van der Waals surface area contributed by atoms with E-state index in [1.807, 2.05) is 6.92 Å². The van der Waals surface area contributed by atoms with Gasteiger partial charge in [-0.15, -0.1) is 4.83 Å². The van der Waals surface area contributed by atoms with Crippen LogP contribution in [0.3, 0.4) is 0 Å². The van der Waals surface area contributed by atoms with Crippen molar-refractivity contribution in [3.63, 3.8) is 0 Å². The number of nitrogens with zero attached hydrogens (tertiary/aromatic N) is 2. The molecule has 0 amide bonds. The standard InChI is InChI=1S/C26H25N3O6S/c1-16-8-14-19(15-9-16)36(34,35)27-28-20-4-2-6-22(30)25(20)24(26-21(28)5-3-7-23(26)31)17-10-12-18(13-11-17)29(32)33/h8-15,24,27H,2-7H2,1H3. The summed E-state index contributed by atoms with van der Waals surface area (Å²) in [4.78, 5) is 40.0. The molecule has 0 fully saturated rings. The van der Waals surface area contributed by atoms with E-state index < -0.39 is 20.9 Å². The van der Waals surface area contributed by atoms with Crippen molar-refractivity contribution in [3.05, 3.63) is 92.3 Å². The van der Waals surface area contributed by atoms with Gasteiger partial charge in [0.2, 0.25) is 0 Å². The van der Waals surface area contributed by atoms with Gasteiger partial charge in [-0.3, -0.25) is 24.7 Å². The van der Waals surface area contributed by atoms with E-state index in [1.165, 1.54) is 29.3 Å². The highest BCUT2D eigenvalue weighted by atomic mass is 32.2. The van der Waals surface area contributed by atoms with Crippen molar-refractivity contribution < 1.29 is 22.9 Å². The monoisotopic (exact) mass is 507 g/mol.